The van der Waals surface area contributed by atoms with Crippen LogP contribution in [0.4, 0.5) is 0 Å². The van der Waals surface area contributed by atoms with E-state index in [1.807, 2.05) is 0 Å². The molecule has 2 aromatic rings. The highest BCUT2D eigenvalue weighted by molar-refractivity contribution is 5.46. The van der Waals surface area contributed by atoms with Gasteiger partial charge in [0.2, 0.25) is 0 Å². The maximum atomic E-state index is 11.6. The minimum absolute atomic E-state index is 0.395. The standard InChI is InChI=1S/C11H10N2O3/c1-16-9-5-3-2-4-8(9)13-10(14)6-7-12-11(13)15/h2-7H,1H3,(H,12,15). The first-order valence-electron chi connectivity index (χ1n) is 4.68. The molecule has 0 saturated carbocycles. The normalized spacial score (nSPS) is 10.1. The molecule has 0 bridgehead atoms. The van der Waals surface area contributed by atoms with Crippen molar-refractivity contribution in [2.45, 2.75) is 0 Å². The zero-order chi connectivity index (χ0) is 11.5. The molecular formula is C11H10N2O3. The average molecular weight is 218 g/mol. The van der Waals surface area contributed by atoms with E-state index in [2.05, 4.69) is 4.98 Å². The van der Waals surface area contributed by atoms with Gasteiger partial charge in [-0.1, -0.05) is 12.1 Å². The summed E-state index contributed by atoms with van der Waals surface area (Å²) in [6, 6.07) is 8.12. The summed E-state index contributed by atoms with van der Waals surface area (Å²) in [5.41, 5.74) is -0.456. The Morgan fingerprint density at radius 1 is 1.19 bits per heavy atom. The molecule has 0 spiro atoms. The molecule has 16 heavy (non-hydrogen) atoms. The number of nitrogens with one attached hydrogen (secondary N) is 1. The minimum Gasteiger partial charge on any atom is -0.495 e. The van der Waals surface area contributed by atoms with Gasteiger partial charge in [0.05, 0.1) is 12.8 Å². The highest BCUT2D eigenvalue weighted by Gasteiger charge is 2.08. The van der Waals surface area contributed by atoms with Gasteiger partial charge in [-0.2, -0.15) is 0 Å². The molecule has 2 rings (SSSR count). The van der Waals surface area contributed by atoms with Crippen LogP contribution in [0.5, 0.6) is 5.75 Å². The van der Waals surface area contributed by atoms with E-state index in [1.165, 1.54) is 19.4 Å². The minimum atomic E-state index is -0.489. The zero-order valence-corrected chi connectivity index (χ0v) is 8.64. The van der Waals surface area contributed by atoms with Crippen molar-refractivity contribution < 1.29 is 4.74 Å². The van der Waals surface area contributed by atoms with Crippen LogP contribution in [-0.2, 0) is 0 Å². The van der Waals surface area contributed by atoms with Crippen LogP contribution in [0.1, 0.15) is 0 Å². The Bertz CT molecular complexity index is 585. The first kappa shape index (κ1) is 10.2. The molecule has 5 heteroatoms. The summed E-state index contributed by atoms with van der Waals surface area (Å²) < 4.78 is 6.12. The molecule has 0 unspecified atom stereocenters. The first-order valence-corrected chi connectivity index (χ1v) is 4.68. The summed E-state index contributed by atoms with van der Waals surface area (Å²) in [6.45, 7) is 0. The number of hydrogen-bond donors (Lipinski definition) is 1. The van der Waals surface area contributed by atoms with Crippen LogP contribution >= 0.6 is 0 Å². The molecule has 0 aliphatic heterocycles. The zero-order valence-electron chi connectivity index (χ0n) is 8.64. The van der Waals surface area contributed by atoms with Crippen LogP contribution in [-0.4, -0.2) is 16.7 Å². The second-order valence-electron chi connectivity index (χ2n) is 3.13. The smallest absolute Gasteiger partial charge is 0.333 e. The summed E-state index contributed by atoms with van der Waals surface area (Å²) in [6.07, 6.45) is 1.32. The molecule has 0 radical (unpaired) electrons. The molecule has 82 valence electrons. The lowest BCUT2D eigenvalue weighted by Crippen LogP contribution is -2.32. The molecule has 1 aromatic carbocycles. The van der Waals surface area contributed by atoms with Crippen LogP contribution < -0.4 is 16.0 Å². The Morgan fingerprint density at radius 3 is 2.62 bits per heavy atom. The van der Waals surface area contributed by atoms with Crippen LogP contribution in [0.3, 0.4) is 0 Å². The lowest BCUT2D eigenvalue weighted by atomic mass is 10.3. The lowest BCUT2D eigenvalue weighted by molar-refractivity contribution is 0.412. The van der Waals surface area contributed by atoms with Crippen LogP contribution in [0, 0.1) is 0 Å². The van der Waals surface area contributed by atoms with Crippen molar-refractivity contribution in [2.75, 3.05) is 7.11 Å². The van der Waals surface area contributed by atoms with E-state index in [0.717, 1.165) is 4.57 Å². The summed E-state index contributed by atoms with van der Waals surface area (Å²) in [5.74, 6) is 0.473. The van der Waals surface area contributed by atoms with Crippen molar-refractivity contribution in [1.29, 1.82) is 0 Å². The molecular weight excluding hydrogens is 208 g/mol. The van der Waals surface area contributed by atoms with E-state index in [4.69, 9.17) is 4.74 Å². The Morgan fingerprint density at radius 2 is 1.94 bits per heavy atom. The Labute approximate surface area is 90.9 Å². The fourth-order valence-electron chi connectivity index (χ4n) is 1.47. The molecule has 1 aromatic heterocycles. The van der Waals surface area contributed by atoms with Gasteiger partial charge in [0.25, 0.3) is 5.56 Å². The molecule has 0 atom stereocenters. The van der Waals surface area contributed by atoms with E-state index in [-0.39, 0.29) is 0 Å². The molecule has 0 fully saturated rings. The number of rotatable bonds is 2. The van der Waals surface area contributed by atoms with Crippen LogP contribution in [0.25, 0.3) is 5.69 Å². The highest BCUT2D eigenvalue weighted by atomic mass is 16.5. The van der Waals surface area contributed by atoms with Crippen molar-refractivity contribution in [3.8, 4) is 11.4 Å². The Balaban J connectivity index is 2.78. The van der Waals surface area contributed by atoms with Gasteiger partial charge in [-0.3, -0.25) is 4.79 Å². The molecule has 0 aliphatic carbocycles. The second kappa shape index (κ2) is 4.06. The van der Waals surface area contributed by atoms with E-state index in [9.17, 15) is 9.59 Å². The Hall–Kier alpha value is -2.30. The van der Waals surface area contributed by atoms with Crippen molar-refractivity contribution in [3.05, 3.63) is 57.4 Å². The van der Waals surface area contributed by atoms with Gasteiger partial charge in [0.1, 0.15) is 5.75 Å². The summed E-state index contributed by atoms with van der Waals surface area (Å²) in [4.78, 5) is 25.6. The Kier molecular flexibility index (Phi) is 2.59. The number of hydrogen-bond acceptors (Lipinski definition) is 3. The summed E-state index contributed by atoms with van der Waals surface area (Å²) in [5, 5.41) is 0. The van der Waals surface area contributed by atoms with Crippen molar-refractivity contribution >= 4 is 0 Å². The molecule has 5 nitrogen and oxygen atoms in total. The molecule has 1 N–H and O–H groups in total. The third kappa shape index (κ3) is 1.63. The van der Waals surface area contributed by atoms with Gasteiger partial charge in [0.15, 0.2) is 0 Å². The lowest BCUT2D eigenvalue weighted by Gasteiger charge is -2.08. The predicted octanol–water partition coefficient (Wildman–Crippen LogP) is 0.534. The number of aromatic amines is 1. The fourth-order valence-corrected chi connectivity index (χ4v) is 1.47. The first-order chi connectivity index (χ1) is 7.74. The van der Waals surface area contributed by atoms with E-state index >= 15 is 0 Å². The van der Waals surface area contributed by atoms with Gasteiger partial charge < -0.3 is 9.72 Å². The molecule has 0 saturated heterocycles. The quantitative estimate of drug-likeness (QED) is 0.799. The third-order valence-electron chi connectivity index (χ3n) is 2.18. The van der Waals surface area contributed by atoms with Crippen LogP contribution in [0.15, 0.2) is 46.1 Å². The molecule has 0 aliphatic rings. The number of H-pyrrole nitrogens is 1. The van der Waals surface area contributed by atoms with Crippen LogP contribution in [0.2, 0.25) is 0 Å². The topological polar surface area (TPSA) is 64.1 Å². The fraction of sp³-hybridized carbons (Fsp3) is 0.0909. The molecule has 0 amide bonds. The average Bonchev–Trinajstić information content (AvgIpc) is 2.29. The number of benzene rings is 1. The monoisotopic (exact) mass is 218 g/mol. The number of ether oxygens (including phenoxy) is 1. The number of nitrogens with zero attached hydrogens (tertiary/aromatic N) is 1. The van der Waals surface area contributed by atoms with Crippen molar-refractivity contribution in [1.82, 2.24) is 9.55 Å². The molecule has 1 heterocycles. The summed E-state index contributed by atoms with van der Waals surface area (Å²) in [7, 11) is 1.49. The van der Waals surface area contributed by atoms with Crippen molar-refractivity contribution in [3.63, 3.8) is 0 Å². The SMILES string of the molecule is COc1ccccc1-n1c(=O)cc[nH]c1=O. The maximum absolute atomic E-state index is 11.6. The second-order valence-corrected chi connectivity index (χ2v) is 3.13. The number of methoxy groups -OCH3 is 1. The van der Waals surface area contributed by atoms with Gasteiger partial charge in [-0.15, -0.1) is 0 Å². The number of para-hydroxylation sites is 2. The summed E-state index contributed by atoms with van der Waals surface area (Å²) >= 11 is 0. The van der Waals surface area contributed by atoms with Gasteiger partial charge in [0, 0.05) is 12.3 Å². The predicted molar refractivity (Wildman–Crippen MR) is 59.2 cm³/mol. The maximum Gasteiger partial charge on any atom is 0.333 e. The van der Waals surface area contributed by atoms with Gasteiger partial charge in [-0.25, -0.2) is 9.36 Å². The van der Waals surface area contributed by atoms with E-state index < -0.39 is 11.2 Å². The van der Waals surface area contributed by atoms with Gasteiger partial charge >= 0.3 is 5.69 Å². The van der Waals surface area contributed by atoms with Gasteiger partial charge in [-0.05, 0) is 12.1 Å². The largest absolute Gasteiger partial charge is 0.495 e. The number of aromatic nitrogens is 2. The third-order valence-corrected chi connectivity index (χ3v) is 2.18. The van der Waals surface area contributed by atoms with E-state index in [0.29, 0.717) is 11.4 Å². The van der Waals surface area contributed by atoms with E-state index in [1.54, 1.807) is 24.3 Å². The highest BCUT2D eigenvalue weighted by Crippen LogP contribution is 2.18. The van der Waals surface area contributed by atoms with Crippen molar-refractivity contribution in [2.24, 2.45) is 0 Å².